The average molecular weight is 515 g/mol. The summed E-state index contributed by atoms with van der Waals surface area (Å²) < 4.78 is 21.3. The molecule has 0 spiro atoms. The number of ether oxygens (including phenoxy) is 1. The van der Waals surface area contributed by atoms with Crippen LogP contribution in [0.2, 0.25) is 0 Å². The summed E-state index contributed by atoms with van der Waals surface area (Å²) in [5.74, 6) is -1.23. The van der Waals surface area contributed by atoms with Crippen LogP contribution in [0.4, 0.5) is 10.1 Å². The summed E-state index contributed by atoms with van der Waals surface area (Å²) in [6.45, 7) is 3.25. The number of hydrogen-bond donors (Lipinski definition) is 1. The van der Waals surface area contributed by atoms with Crippen molar-refractivity contribution in [2.75, 3.05) is 0 Å². The van der Waals surface area contributed by atoms with Gasteiger partial charge in [-0.25, -0.2) is 14.2 Å². The van der Waals surface area contributed by atoms with Crippen LogP contribution in [0.15, 0.2) is 47.3 Å². The van der Waals surface area contributed by atoms with E-state index in [4.69, 9.17) is 9.72 Å². The second-order valence-electron chi connectivity index (χ2n) is 9.74. The number of nitro groups is 1. The predicted molar refractivity (Wildman–Crippen MR) is 135 cm³/mol. The SMILES string of the molecule is CC[C@@]1(O)C(=O)OCc2c1cc1n(c2=O)Cc2c-1nc1cc(F)c(C)cc1c2Cc1ccc([N+](=O)[O-])cc1. The van der Waals surface area contributed by atoms with Crippen LogP contribution in [0.5, 0.6) is 0 Å². The molecule has 10 heteroatoms. The fraction of sp³-hybridized carbons (Fsp3) is 0.250. The number of pyridine rings is 2. The van der Waals surface area contributed by atoms with Crippen LogP contribution in [0, 0.1) is 22.9 Å². The van der Waals surface area contributed by atoms with Gasteiger partial charge in [-0.05, 0) is 48.6 Å². The third-order valence-electron chi connectivity index (χ3n) is 7.61. The molecule has 4 heterocycles. The Balaban J connectivity index is 1.59. The van der Waals surface area contributed by atoms with E-state index in [9.17, 15) is 29.2 Å². The number of aromatic nitrogens is 2. The van der Waals surface area contributed by atoms with Crippen molar-refractivity contribution in [3.05, 3.63) is 102 Å². The first-order chi connectivity index (χ1) is 18.1. The summed E-state index contributed by atoms with van der Waals surface area (Å²) in [7, 11) is 0. The molecule has 38 heavy (non-hydrogen) atoms. The number of nitro benzene ring substituents is 1. The molecule has 0 aliphatic carbocycles. The molecule has 192 valence electrons. The van der Waals surface area contributed by atoms with Crippen molar-refractivity contribution in [1.82, 2.24) is 9.55 Å². The van der Waals surface area contributed by atoms with E-state index < -0.39 is 22.3 Å². The highest BCUT2D eigenvalue weighted by atomic mass is 19.1. The molecule has 2 aliphatic rings. The molecule has 0 saturated heterocycles. The number of cyclic esters (lactones) is 1. The lowest BCUT2D eigenvalue weighted by atomic mass is 9.86. The van der Waals surface area contributed by atoms with Gasteiger partial charge in [-0.15, -0.1) is 0 Å². The summed E-state index contributed by atoms with van der Waals surface area (Å²) in [5.41, 5.74) is 2.17. The van der Waals surface area contributed by atoms with E-state index in [1.165, 1.54) is 22.8 Å². The van der Waals surface area contributed by atoms with Gasteiger partial charge < -0.3 is 14.4 Å². The molecule has 0 bridgehead atoms. The van der Waals surface area contributed by atoms with Gasteiger partial charge in [0.25, 0.3) is 11.2 Å². The molecule has 0 fully saturated rings. The van der Waals surface area contributed by atoms with E-state index in [1.807, 2.05) is 0 Å². The van der Waals surface area contributed by atoms with Gasteiger partial charge in [0, 0.05) is 34.7 Å². The fourth-order valence-electron chi connectivity index (χ4n) is 5.43. The third kappa shape index (κ3) is 3.37. The number of aliphatic hydroxyl groups is 1. The van der Waals surface area contributed by atoms with Crippen LogP contribution >= 0.6 is 0 Å². The minimum absolute atomic E-state index is 0.0234. The first-order valence-electron chi connectivity index (χ1n) is 12.1. The van der Waals surface area contributed by atoms with E-state index >= 15 is 0 Å². The molecule has 0 unspecified atom stereocenters. The molecule has 9 nitrogen and oxygen atoms in total. The van der Waals surface area contributed by atoms with E-state index in [0.29, 0.717) is 28.9 Å². The van der Waals surface area contributed by atoms with Gasteiger partial charge in [0.1, 0.15) is 12.4 Å². The molecule has 1 atom stereocenters. The van der Waals surface area contributed by atoms with Crippen molar-refractivity contribution in [2.45, 2.75) is 45.4 Å². The Morgan fingerprint density at radius 1 is 1.18 bits per heavy atom. The Kier molecular flexibility index (Phi) is 5.22. The number of halogens is 1. The van der Waals surface area contributed by atoms with Crippen LogP contribution in [-0.4, -0.2) is 25.6 Å². The minimum atomic E-state index is -1.95. The Hall–Kier alpha value is -4.44. The highest BCUT2D eigenvalue weighted by molar-refractivity contribution is 5.90. The standard InChI is InChI=1S/C28H22FN3O6/c1-3-28(35)21-10-24-25-19(12-31(24)26(33)20(21)13-38-27(28)34)17(9-15-4-6-16(7-5-15)32(36)37)18-8-14(2)22(29)11-23(18)30-25/h4-8,10-11,35H,3,9,12-13H2,1-2H3/t28-/m0/s1. The van der Waals surface area contributed by atoms with Crippen molar-refractivity contribution in [3.8, 4) is 11.4 Å². The Morgan fingerprint density at radius 3 is 2.61 bits per heavy atom. The van der Waals surface area contributed by atoms with Crippen molar-refractivity contribution < 1.29 is 24.0 Å². The Bertz CT molecular complexity index is 1760. The molecular formula is C28H22FN3O6. The predicted octanol–water partition coefficient (Wildman–Crippen LogP) is 4.03. The van der Waals surface area contributed by atoms with Gasteiger partial charge in [-0.1, -0.05) is 19.1 Å². The number of carbonyl (C=O) groups is 1. The number of esters is 1. The monoisotopic (exact) mass is 515 g/mol. The molecule has 0 saturated carbocycles. The van der Waals surface area contributed by atoms with E-state index in [1.54, 1.807) is 38.1 Å². The molecule has 4 aromatic rings. The zero-order valence-corrected chi connectivity index (χ0v) is 20.6. The largest absolute Gasteiger partial charge is 0.458 e. The van der Waals surface area contributed by atoms with Crippen LogP contribution in [0.3, 0.4) is 0 Å². The lowest BCUT2D eigenvalue weighted by Gasteiger charge is -2.31. The maximum absolute atomic E-state index is 14.6. The van der Waals surface area contributed by atoms with E-state index in [2.05, 4.69) is 0 Å². The minimum Gasteiger partial charge on any atom is -0.458 e. The maximum Gasteiger partial charge on any atom is 0.343 e. The quantitative estimate of drug-likeness (QED) is 0.218. The molecule has 2 aromatic carbocycles. The lowest BCUT2D eigenvalue weighted by molar-refractivity contribution is -0.384. The van der Waals surface area contributed by atoms with Crippen molar-refractivity contribution >= 4 is 22.6 Å². The summed E-state index contributed by atoms with van der Waals surface area (Å²) in [6, 6.07) is 10.9. The summed E-state index contributed by atoms with van der Waals surface area (Å²) in [4.78, 5) is 41.4. The zero-order chi connectivity index (χ0) is 26.9. The smallest absolute Gasteiger partial charge is 0.343 e. The lowest BCUT2D eigenvalue weighted by Crippen LogP contribution is -2.44. The van der Waals surface area contributed by atoms with Gasteiger partial charge in [0.2, 0.25) is 0 Å². The molecule has 6 rings (SSSR count). The third-order valence-corrected chi connectivity index (χ3v) is 7.61. The van der Waals surface area contributed by atoms with Crippen LogP contribution in [0.25, 0.3) is 22.3 Å². The van der Waals surface area contributed by atoms with E-state index in [0.717, 1.165) is 22.1 Å². The molecule has 0 amide bonds. The summed E-state index contributed by atoms with van der Waals surface area (Å²) in [5, 5.41) is 22.9. The Morgan fingerprint density at radius 2 is 1.92 bits per heavy atom. The van der Waals surface area contributed by atoms with Crippen LogP contribution < -0.4 is 5.56 Å². The second kappa shape index (κ2) is 8.29. The second-order valence-corrected chi connectivity index (χ2v) is 9.74. The molecule has 2 aliphatic heterocycles. The number of non-ortho nitro benzene ring substituents is 1. The van der Waals surface area contributed by atoms with Crippen molar-refractivity contribution in [3.63, 3.8) is 0 Å². The average Bonchev–Trinajstić information content (AvgIpc) is 3.26. The van der Waals surface area contributed by atoms with Crippen LogP contribution in [0.1, 0.15) is 46.7 Å². The summed E-state index contributed by atoms with van der Waals surface area (Å²) in [6.07, 6.45) is 0.392. The molecule has 1 N–H and O–H groups in total. The number of nitrogens with zero attached hydrogens (tertiary/aromatic N) is 3. The number of carbonyl (C=O) groups excluding carboxylic acids is 1. The number of rotatable bonds is 4. The zero-order valence-electron chi connectivity index (χ0n) is 20.6. The van der Waals surface area contributed by atoms with Crippen molar-refractivity contribution in [1.29, 1.82) is 0 Å². The van der Waals surface area contributed by atoms with Gasteiger partial charge >= 0.3 is 5.97 Å². The molecule has 0 radical (unpaired) electrons. The molecular weight excluding hydrogens is 493 g/mol. The normalized spacial score (nSPS) is 17.6. The van der Waals surface area contributed by atoms with Gasteiger partial charge in [0.05, 0.1) is 33.9 Å². The number of hydrogen-bond acceptors (Lipinski definition) is 7. The summed E-state index contributed by atoms with van der Waals surface area (Å²) >= 11 is 0. The topological polar surface area (TPSA) is 125 Å². The molecule has 2 aromatic heterocycles. The van der Waals surface area contributed by atoms with Gasteiger partial charge in [-0.2, -0.15) is 0 Å². The number of fused-ring (bicyclic) bond motifs is 5. The number of benzene rings is 2. The van der Waals surface area contributed by atoms with Crippen molar-refractivity contribution in [2.24, 2.45) is 0 Å². The van der Waals surface area contributed by atoms with Crippen LogP contribution in [-0.2, 0) is 34.7 Å². The van der Waals surface area contributed by atoms with Gasteiger partial charge in [0.15, 0.2) is 5.60 Å². The van der Waals surface area contributed by atoms with Gasteiger partial charge in [-0.3, -0.25) is 14.9 Å². The Labute approximate surface area is 215 Å². The van der Waals surface area contributed by atoms with E-state index in [-0.39, 0.29) is 41.9 Å². The highest BCUT2D eigenvalue weighted by Gasteiger charge is 2.45. The highest BCUT2D eigenvalue weighted by Crippen LogP contribution is 2.41. The number of aryl methyl sites for hydroxylation is 1. The fourth-order valence-corrected chi connectivity index (χ4v) is 5.43. The first kappa shape index (κ1) is 23.9. The maximum atomic E-state index is 14.6. The first-order valence-corrected chi connectivity index (χ1v) is 12.1.